The lowest BCUT2D eigenvalue weighted by Gasteiger charge is -2.13. The Labute approximate surface area is 181 Å². The van der Waals surface area contributed by atoms with E-state index in [4.69, 9.17) is 9.47 Å². The van der Waals surface area contributed by atoms with Gasteiger partial charge in [-0.2, -0.15) is 23.1 Å². The second kappa shape index (κ2) is 8.66. The number of hydrogen-bond acceptors (Lipinski definition) is 6. The van der Waals surface area contributed by atoms with Gasteiger partial charge in [0, 0.05) is 12.6 Å². The molecule has 0 N–H and O–H groups in total. The molecule has 2 heterocycles. The molecule has 0 saturated heterocycles. The molecule has 0 radical (unpaired) electrons. The lowest BCUT2D eigenvalue weighted by atomic mass is 10.1. The number of aryl methyl sites for hydroxylation is 1. The molecular formula is C22H18F3N5O2. The fourth-order valence-electron chi connectivity index (χ4n) is 3.12. The molecule has 0 aliphatic heterocycles. The van der Waals surface area contributed by atoms with Crippen molar-refractivity contribution in [2.45, 2.75) is 19.5 Å². The number of rotatable bonds is 6. The fraction of sp³-hybridized carbons (Fsp3) is 0.182. The minimum absolute atomic E-state index is 0.218. The first kappa shape index (κ1) is 21.3. The number of nitrogens with zero attached hydrogens (tertiary/aromatic N) is 5. The van der Waals surface area contributed by atoms with Crippen LogP contribution in [0.5, 0.6) is 17.5 Å². The van der Waals surface area contributed by atoms with E-state index >= 15 is 0 Å². The first-order valence-electron chi connectivity index (χ1n) is 9.53. The Morgan fingerprint density at radius 2 is 1.81 bits per heavy atom. The predicted octanol–water partition coefficient (Wildman–Crippen LogP) is 4.78. The van der Waals surface area contributed by atoms with Crippen LogP contribution in [0.1, 0.15) is 22.6 Å². The molecule has 2 aromatic carbocycles. The van der Waals surface area contributed by atoms with Crippen molar-refractivity contribution >= 4 is 0 Å². The third-order valence-electron chi connectivity index (χ3n) is 4.59. The summed E-state index contributed by atoms with van der Waals surface area (Å²) in [5.41, 5.74) is 1.63. The molecular weight excluding hydrogens is 423 g/mol. The maximum atomic E-state index is 13.2. The number of hydrogen-bond donors (Lipinski definition) is 0. The smallest absolute Gasteiger partial charge is 0.419 e. The Kier molecular flexibility index (Phi) is 5.76. The lowest BCUT2D eigenvalue weighted by molar-refractivity contribution is -0.138. The number of halogens is 3. The zero-order valence-electron chi connectivity index (χ0n) is 17.2. The van der Waals surface area contributed by atoms with Gasteiger partial charge in [-0.3, -0.25) is 0 Å². The van der Waals surface area contributed by atoms with Crippen molar-refractivity contribution in [2.75, 3.05) is 7.11 Å². The Morgan fingerprint density at radius 1 is 1.00 bits per heavy atom. The Hall–Kier alpha value is -3.95. The van der Waals surface area contributed by atoms with Crippen molar-refractivity contribution in [2.24, 2.45) is 0 Å². The molecule has 0 unspecified atom stereocenters. The number of alkyl halides is 3. The zero-order valence-corrected chi connectivity index (χ0v) is 17.2. The van der Waals surface area contributed by atoms with E-state index < -0.39 is 11.7 Å². The van der Waals surface area contributed by atoms with Gasteiger partial charge in [0.15, 0.2) is 0 Å². The molecule has 0 fully saturated rings. The number of methoxy groups -OCH3 is 1. The number of aromatic nitrogens is 5. The van der Waals surface area contributed by atoms with Gasteiger partial charge in [-0.25, -0.2) is 9.97 Å². The summed E-state index contributed by atoms with van der Waals surface area (Å²) in [5, 5.41) is 0. The average molecular weight is 441 g/mol. The maximum Gasteiger partial charge on any atom is 0.419 e. The van der Waals surface area contributed by atoms with E-state index in [1.165, 1.54) is 24.5 Å². The fourth-order valence-corrected chi connectivity index (χ4v) is 3.12. The van der Waals surface area contributed by atoms with Gasteiger partial charge in [0.1, 0.15) is 23.7 Å². The number of para-hydroxylation sites is 1. The Bertz CT molecular complexity index is 1240. The van der Waals surface area contributed by atoms with E-state index in [1.807, 2.05) is 35.9 Å². The molecule has 0 amide bonds. The summed E-state index contributed by atoms with van der Waals surface area (Å²) in [6, 6.07) is 10.3. The summed E-state index contributed by atoms with van der Waals surface area (Å²) < 4.78 is 52.3. The Balaban J connectivity index is 1.56. The molecule has 0 atom stereocenters. The van der Waals surface area contributed by atoms with Gasteiger partial charge < -0.3 is 14.0 Å². The minimum Gasteiger partial charge on any atom is -0.495 e. The number of benzene rings is 2. The first-order valence-corrected chi connectivity index (χ1v) is 9.53. The number of ether oxygens (including phenoxy) is 2. The molecule has 7 nitrogen and oxygen atoms in total. The van der Waals surface area contributed by atoms with E-state index in [9.17, 15) is 13.2 Å². The van der Waals surface area contributed by atoms with E-state index in [2.05, 4.69) is 19.9 Å². The molecule has 4 aromatic rings. The zero-order chi connectivity index (χ0) is 22.7. The normalized spacial score (nSPS) is 11.4. The summed E-state index contributed by atoms with van der Waals surface area (Å²) >= 11 is 0. The van der Waals surface area contributed by atoms with Crippen molar-refractivity contribution in [3.8, 4) is 23.2 Å². The van der Waals surface area contributed by atoms with Crippen LogP contribution in [-0.4, -0.2) is 31.6 Å². The monoisotopic (exact) mass is 441 g/mol. The van der Waals surface area contributed by atoms with Gasteiger partial charge in [0.25, 0.3) is 0 Å². The molecule has 164 valence electrons. The number of imidazole rings is 1. The van der Waals surface area contributed by atoms with Gasteiger partial charge in [-0.15, -0.1) is 0 Å². The van der Waals surface area contributed by atoms with Crippen LogP contribution in [0.25, 0.3) is 5.69 Å². The van der Waals surface area contributed by atoms with Gasteiger partial charge in [-0.05, 0) is 36.8 Å². The van der Waals surface area contributed by atoms with Crippen LogP contribution in [0.15, 0.2) is 61.3 Å². The second-order valence-corrected chi connectivity index (χ2v) is 6.89. The third-order valence-corrected chi connectivity index (χ3v) is 4.59. The molecule has 0 spiro atoms. The van der Waals surface area contributed by atoms with Crippen molar-refractivity contribution in [3.63, 3.8) is 0 Å². The second-order valence-electron chi connectivity index (χ2n) is 6.89. The van der Waals surface area contributed by atoms with Crippen LogP contribution >= 0.6 is 0 Å². The van der Waals surface area contributed by atoms with Crippen molar-refractivity contribution in [1.29, 1.82) is 0 Å². The van der Waals surface area contributed by atoms with E-state index in [0.29, 0.717) is 18.0 Å². The summed E-state index contributed by atoms with van der Waals surface area (Å²) in [6.45, 7) is 1.89. The molecule has 10 heteroatoms. The summed E-state index contributed by atoms with van der Waals surface area (Å²) in [5.74, 6) is 0.594. The van der Waals surface area contributed by atoms with Crippen molar-refractivity contribution in [1.82, 2.24) is 24.5 Å². The van der Waals surface area contributed by atoms with Gasteiger partial charge >= 0.3 is 12.2 Å². The SMILES string of the molecule is COc1cc(Cc2ncnc(Oc3ccccc3C(F)(F)F)n2)ccc1-n1cnc(C)c1. The highest BCUT2D eigenvalue weighted by molar-refractivity contribution is 5.49. The standard InChI is InChI=1S/C22H18F3N5O2/c1-14-11-30(13-28-14)17-8-7-15(9-19(17)31-2)10-20-26-12-27-21(29-20)32-18-6-4-3-5-16(18)22(23,24)25/h3-9,11-13H,10H2,1-2H3. The molecule has 32 heavy (non-hydrogen) atoms. The highest BCUT2D eigenvalue weighted by Crippen LogP contribution is 2.37. The maximum absolute atomic E-state index is 13.2. The van der Waals surface area contributed by atoms with Gasteiger partial charge in [0.2, 0.25) is 0 Å². The van der Waals surface area contributed by atoms with Crippen LogP contribution in [0.3, 0.4) is 0 Å². The lowest BCUT2D eigenvalue weighted by Crippen LogP contribution is -2.08. The molecule has 0 aliphatic rings. The van der Waals surface area contributed by atoms with E-state index in [-0.39, 0.29) is 11.8 Å². The molecule has 0 bridgehead atoms. The summed E-state index contributed by atoms with van der Waals surface area (Å²) in [7, 11) is 1.57. The van der Waals surface area contributed by atoms with Gasteiger partial charge in [-0.1, -0.05) is 18.2 Å². The molecule has 2 aromatic heterocycles. The van der Waals surface area contributed by atoms with Crippen LogP contribution in [-0.2, 0) is 12.6 Å². The first-order chi connectivity index (χ1) is 15.3. The summed E-state index contributed by atoms with van der Waals surface area (Å²) in [6.07, 6.45) is 0.527. The quantitative estimate of drug-likeness (QED) is 0.429. The topological polar surface area (TPSA) is 75.0 Å². The van der Waals surface area contributed by atoms with Crippen LogP contribution in [0.4, 0.5) is 13.2 Å². The van der Waals surface area contributed by atoms with E-state index in [1.54, 1.807) is 13.4 Å². The minimum atomic E-state index is -4.56. The average Bonchev–Trinajstić information content (AvgIpc) is 3.19. The van der Waals surface area contributed by atoms with E-state index in [0.717, 1.165) is 23.0 Å². The molecule has 0 aliphatic carbocycles. The third kappa shape index (κ3) is 4.69. The van der Waals surface area contributed by atoms with Crippen LogP contribution < -0.4 is 9.47 Å². The predicted molar refractivity (Wildman–Crippen MR) is 109 cm³/mol. The Morgan fingerprint density at radius 3 is 2.53 bits per heavy atom. The highest BCUT2D eigenvalue weighted by Gasteiger charge is 2.34. The largest absolute Gasteiger partial charge is 0.495 e. The molecule has 0 saturated carbocycles. The molecule has 4 rings (SSSR count). The highest BCUT2D eigenvalue weighted by atomic mass is 19.4. The summed E-state index contributed by atoms with van der Waals surface area (Å²) in [4.78, 5) is 16.3. The van der Waals surface area contributed by atoms with Crippen molar-refractivity contribution < 1.29 is 22.6 Å². The van der Waals surface area contributed by atoms with Crippen LogP contribution in [0.2, 0.25) is 0 Å². The van der Waals surface area contributed by atoms with Crippen LogP contribution in [0, 0.1) is 6.92 Å². The van der Waals surface area contributed by atoms with Crippen molar-refractivity contribution in [3.05, 3.63) is 84.0 Å². The van der Waals surface area contributed by atoms with Gasteiger partial charge in [0.05, 0.1) is 30.4 Å².